The summed E-state index contributed by atoms with van der Waals surface area (Å²) in [5, 5.41) is 2.66. The monoisotopic (exact) mass is 493 g/mol. The van der Waals surface area contributed by atoms with Gasteiger partial charge in [-0.2, -0.15) is 4.31 Å². The second-order valence-corrected chi connectivity index (χ2v) is 11.8. The first-order valence-electron chi connectivity index (χ1n) is 10.9. The molecule has 2 aromatic carbocycles. The van der Waals surface area contributed by atoms with Gasteiger partial charge in [-0.15, -0.1) is 0 Å². The minimum Gasteiger partial charge on any atom is -0.377 e. The molecule has 2 saturated heterocycles. The highest BCUT2D eigenvalue weighted by Gasteiger charge is 2.27. The van der Waals surface area contributed by atoms with Crippen molar-refractivity contribution in [1.29, 1.82) is 0 Å². The molecule has 2 aliphatic heterocycles. The molecule has 0 spiro atoms. The predicted molar refractivity (Wildman–Crippen MR) is 123 cm³/mol. The maximum absolute atomic E-state index is 12.8. The number of nitrogens with zero attached hydrogens (tertiary/aromatic N) is 1. The van der Waals surface area contributed by atoms with Gasteiger partial charge in [0.2, 0.25) is 20.0 Å². The molecule has 33 heavy (non-hydrogen) atoms. The Morgan fingerprint density at radius 1 is 0.970 bits per heavy atom. The van der Waals surface area contributed by atoms with Gasteiger partial charge in [0.1, 0.15) is 0 Å². The van der Waals surface area contributed by atoms with Gasteiger partial charge < -0.3 is 10.1 Å². The Labute approximate surface area is 194 Å². The SMILES string of the molecule is O=C(Nc1cccc(S(=O)(=O)N2CCCC2)c1)c1cccc(S(=O)(=O)NCC2CCCO2)c1. The summed E-state index contributed by atoms with van der Waals surface area (Å²) in [5.74, 6) is -0.540. The summed E-state index contributed by atoms with van der Waals surface area (Å²) in [4.78, 5) is 12.9. The summed E-state index contributed by atoms with van der Waals surface area (Å²) in [6, 6.07) is 11.8. The van der Waals surface area contributed by atoms with Gasteiger partial charge in [0, 0.05) is 37.5 Å². The van der Waals surface area contributed by atoms with Crippen molar-refractivity contribution in [2.24, 2.45) is 0 Å². The molecule has 1 atom stereocenters. The van der Waals surface area contributed by atoms with Gasteiger partial charge in [-0.3, -0.25) is 4.79 Å². The van der Waals surface area contributed by atoms with Crippen LogP contribution >= 0.6 is 0 Å². The minimum absolute atomic E-state index is 0.0292. The van der Waals surface area contributed by atoms with Crippen LogP contribution in [0, 0.1) is 0 Å². The lowest BCUT2D eigenvalue weighted by molar-refractivity contribution is 0.102. The summed E-state index contributed by atoms with van der Waals surface area (Å²) in [6.45, 7) is 1.78. The van der Waals surface area contributed by atoms with E-state index in [1.807, 2.05) is 0 Å². The third-order valence-corrected chi connectivity index (χ3v) is 9.04. The molecule has 2 fully saturated rings. The van der Waals surface area contributed by atoms with E-state index in [9.17, 15) is 21.6 Å². The summed E-state index contributed by atoms with van der Waals surface area (Å²) in [5.41, 5.74) is 0.452. The van der Waals surface area contributed by atoms with Crippen LogP contribution in [-0.2, 0) is 24.8 Å². The number of benzene rings is 2. The molecule has 178 valence electrons. The molecule has 4 rings (SSSR count). The van der Waals surface area contributed by atoms with E-state index < -0.39 is 26.0 Å². The fraction of sp³-hybridized carbons (Fsp3) is 0.409. The topological polar surface area (TPSA) is 122 Å². The predicted octanol–water partition coefficient (Wildman–Crippen LogP) is 2.18. The molecule has 2 N–H and O–H groups in total. The molecule has 2 heterocycles. The number of carbonyl (C=O) groups excluding carboxylic acids is 1. The normalized spacial score (nSPS) is 19.6. The van der Waals surface area contributed by atoms with Gasteiger partial charge in [0.05, 0.1) is 15.9 Å². The van der Waals surface area contributed by atoms with Gasteiger partial charge in [-0.1, -0.05) is 12.1 Å². The highest BCUT2D eigenvalue weighted by atomic mass is 32.2. The number of ether oxygens (including phenoxy) is 1. The molecular weight excluding hydrogens is 466 g/mol. The maximum Gasteiger partial charge on any atom is 0.255 e. The minimum atomic E-state index is -3.81. The van der Waals surface area contributed by atoms with E-state index in [0.29, 0.717) is 25.4 Å². The summed E-state index contributed by atoms with van der Waals surface area (Å²) >= 11 is 0. The highest BCUT2D eigenvalue weighted by Crippen LogP contribution is 2.23. The second-order valence-electron chi connectivity index (χ2n) is 8.11. The first kappa shape index (κ1) is 23.8. The van der Waals surface area contributed by atoms with E-state index >= 15 is 0 Å². The quantitative estimate of drug-likeness (QED) is 0.581. The Kier molecular flexibility index (Phi) is 7.15. The first-order valence-corrected chi connectivity index (χ1v) is 13.8. The molecule has 0 aromatic heterocycles. The van der Waals surface area contributed by atoms with E-state index in [1.54, 1.807) is 12.1 Å². The number of anilines is 1. The lowest BCUT2D eigenvalue weighted by Crippen LogP contribution is -2.32. The van der Waals surface area contributed by atoms with E-state index in [4.69, 9.17) is 4.74 Å². The Morgan fingerprint density at radius 2 is 1.70 bits per heavy atom. The number of hydrogen-bond donors (Lipinski definition) is 2. The molecule has 2 aliphatic rings. The first-order chi connectivity index (χ1) is 15.8. The van der Waals surface area contributed by atoms with Crippen LogP contribution in [0.2, 0.25) is 0 Å². The van der Waals surface area contributed by atoms with Crippen LogP contribution in [0.15, 0.2) is 58.3 Å². The Hall–Kier alpha value is -2.31. The molecule has 1 unspecified atom stereocenters. The van der Waals surface area contributed by atoms with Crippen LogP contribution in [0.3, 0.4) is 0 Å². The molecule has 0 bridgehead atoms. The average molecular weight is 494 g/mol. The molecule has 0 aliphatic carbocycles. The van der Waals surface area contributed by atoms with Crippen molar-refractivity contribution in [3.05, 3.63) is 54.1 Å². The van der Waals surface area contributed by atoms with E-state index in [0.717, 1.165) is 25.7 Å². The highest BCUT2D eigenvalue weighted by molar-refractivity contribution is 7.89. The number of sulfonamides is 2. The fourth-order valence-electron chi connectivity index (χ4n) is 3.91. The van der Waals surface area contributed by atoms with Crippen molar-refractivity contribution in [3.63, 3.8) is 0 Å². The number of rotatable bonds is 8. The van der Waals surface area contributed by atoms with Crippen LogP contribution in [0.4, 0.5) is 5.69 Å². The zero-order valence-corrected chi connectivity index (χ0v) is 19.7. The van der Waals surface area contributed by atoms with Crippen LogP contribution in [0.1, 0.15) is 36.0 Å². The molecule has 11 heteroatoms. The molecule has 1 amide bonds. The van der Waals surface area contributed by atoms with Crippen LogP contribution in [-0.4, -0.2) is 59.4 Å². The van der Waals surface area contributed by atoms with Crippen molar-refractivity contribution < 1.29 is 26.4 Å². The summed E-state index contributed by atoms with van der Waals surface area (Å²) in [7, 11) is -7.42. The second kappa shape index (κ2) is 9.90. The standard InChI is InChI=1S/C22H27N3O6S2/c26-22(24-18-7-4-10-21(15-18)33(29,30)25-11-1-2-12-25)17-6-3-9-20(14-17)32(27,28)23-16-19-8-5-13-31-19/h3-4,6-7,9-10,14-15,19,23H,1-2,5,8,11-13,16H2,(H,24,26). The fourth-order valence-corrected chi connectivity index (χ4v) is 6.59. The third-order valence-electron chi connectivity index (χ3n) is 5.73. The van der Waals surface area contributed by atoms with E-state index in [2.05, 4.69) is 10.0 Å². The summed E-state index contributed by atoms with van der Waals surface area (Å²) < 4.78 is 60.2. The van der Waals surface area contributed by atoms with E-state index in [1.165, 1.54) is 40.7 Å². The van der Waals surface area contributed by atoms with Gasteiger partial charge in [-0.25, -0.2) is 21.6 Å². The Balaban J connectivity index is 1.47. The average Bonchev–Trinajstić information content (AvgIpc) is 3.53. The molecule has 0 saturated carbocycles. The van der Waals surface area contributed by atoms with Gasteiger partial charge in [0.15, 0.2) is 0 Å². The molecule has 9 nitrogen and oxygen atoms in total. The van der Waals surface area contributed by atoms with Crippen LogP contribution < -0.4 is 10.0 Å². The van der Waals surface area contributed by atoms with Crippen LogP contribution in [0.25, 0.3) is 0 Å². The molecule has 2 aromatic rings. The summed E-state index contributed by atoms with van der Waals surface area (Å²) in [6.07, 6.45) is 3.23. The van der Waals surface area contributed by atoms with Gasteiger partial charge in [0.25, 0.3) is 5.91 Å². The van der Waals surface area contributed by atoms with Gasteiger partial charge in [-0.05, 0) is 62.1 Å². The maximum atomic E-state index is 12.8. The Bertz CT molecular complexity index is 1220. The zero-order valence-electron chi connectivity index (χ0n) is 18.1. The van der Waals surface area contributed by atoms with E-state index in [-0.39, 0.29) is 28.0 Å². The molecular formula is C22H27N3O6S2. The lowest BCUT2D eigenvalue weighted by atomic mass is 10.2. The molecule has 0 radical (unpaired) electrons. The zero-order chi connectivity index (χ0) is 23.5. The third kappa shape index (κ3) is 5.61. The van der Waals surface area contributed by atoms with Crippen LogP contribution in [0.5, 0.6) is 0 Å². The van der Waals surface area contributed by atoms with Crippen molar-refractivity contribution in [3.8, 4) is 0 Å². The number of nitrogens with one attached hydrogen (secondary N) is 2. The van der Waals surface area contributed by atoms with Crippen molar-refractivity contribution >= 4 is 31.6 Å². The van der Waals surface area contributed by atoms with Crippen molar-refractivity contribution in [2.75, 3.05) is 31.6 Å². The van der Waals surface area contributed by atoms with Crippen molar-refractivity contribution in [1.82, 2.24) is 9.03 Å². The number of hydrogen-bond acceptors (Lipinski definition) is 6. The number of amides is 1. The largest absolute Gasteiger partial charge is 0.377 e. The van der Waals surface area contributed by atoms with Gasteiger partial charge >= 0.3 is 0 Å². The lowest BCUT2D eigenvalue weighted by Gasteiger charge is -2.16. The van der Waals surface area contributed by atoms with Crippen molar-refractivity contribution in [2.45, 2.75) is 41.6 Å². The number of carbonyl (C=O) groups is 1. The smallest absolute Gasteiger partial charge is 0.255 e. The Morgan fingerprint density at radius 3 is 2.42 bits per heavy atom.